The maximum Gasteiger partial charge on any atom is 0.0866 e. The van der Waals surface area contributed by atoms with Crippen molar-refractivity contribution >= 4 is 0 Å². The van der Waals surface area contributed by atoms with Crippen LogP contribution in [0.25, 0.3) is 0 Å². The molecular weight excluding hydrogens is 190 g/mol. The number of piperazine rings is 1. The van der Waals surface area contributed by atoms with Gasteiger partial charge in [-0.1, -0.05) is 6.92 Å². The van der Waals surface area contributed by atoms with Crippen LogP contribution in [-0.2, 0) is 4.74 Å². The molecule has 1 fully saturated rings. The molecule has 1 atom stereocenters. The molecule has 0 spiro atoms. The molecule has 4 heteroatoms. The third-order valence-corrected chi connectivity index (χ3v) is 3.04. The van der Waals surface area contributed by atoms with Crippen molar-refractivity contribution < 1.29 is 4.74 Å². The molecule has 0 aromatic heterocycles. The summed E-state index contributed by atoms with van der Waals surface area (Å²) in [5.41, 5.74) is 0. The second-order valence-corrected chi connectivity index (χ2v) is 3.98. The summed E-state index contributed by atoms with van der Waals surface area (Å²) in [4.78, 5) is 4.70. The van der Waals surface area contributed by atoms with Crippen molar-refractivity contribution in [2.45, 2.75) is 19.4 Å². The lowest BCUT2D eigenvalue weighted by atomic mass is 10.1. The smallest absolute Gasteiger partial charge is 0.0866 e. The van der Waals surface area contributed by atoms with Crippen LogP contribution in [0.1, 0.15) is 13.3 Å². The van der Waals surface area contributed by atoms with Crippen molar-refractivity contribution in [2.75, 3.05) is 46.4 Å². The molecule has 0 unspecified atom stereocenters. The zero-order valence-electron chi connectivity index (χ0n) is 9.78. The molecule has 0 bridgehead atoms. The van der Waals surface area contributed by atoms with Gasteiger partial charge in [0.2, 0.25) is 0 Å². The fourth-order valence-electron chi connectivity index (χ4n) is 2.09. The summed E-state index contributed by atoms with van der Waals surface area (Å²) in [6.45, 7) is 7.67. The van der Waals surface area contributed by atoms with Crippen LogP contribution in [0.3, 0.4) is 0 Å². The van der Waals surface area contributed by atoms with Crippen LogP contribution in [0, 0.1) is 11.3 Å². The Balaban J connectivity index is 2.38. The van der Waals surface area contributed by atoms with Gasteiger partial charge in [0.25, 0.3) is 0 Å². The molecule has 1 saturated heterocycles. The van der Waals surface area contributed by atoms with E-state index in [1.165, 1.54) is 0 Å². The number of nitriles is 1. The number of hydrogen-bond acceptors (Lipinski definition) is 4. The van der Waals surface area contributed by atoms with Gasteiger partial charge in [0.1, 0.15) is 0 Å². The van der Waals surface area contributed by atoms with Gasteiger partial charge in [-0.15, -0.1) is 0 Å². The van der Waals surface area contributed by atoms with E-state index in [1.807, 2.05) is 0 Å². The molecule has 0 aliphatic carbocycles. The van der Waals surface area contributed by atoms with E-state index >= 15 is 0 Å². The van der Waals surface area contributed by atoms with Crippen LogP contribution in [0.5, 0.6) is 0 Å². The first-order valence-electron chi connectivity index (χ1n) is 5.64. The van der Waals surface area contributed by atoms with Gasteiger partial charge in [-0.3, -0.25) is 9.80 Å². The maximum atomic E-state index is 8.66. The van der Waals surface area contributed by atoms with Crippen LogP contribution >= 0.6 is 0 Å². The Hall–Kier alpha value is -0.630. The molecule has 0 amide bonds. The topological polar surface area (TPSA) is 39.5 Å². The molecule has 1 aliphatic rings. The predicted octanol–water partition coefficient (Wildman–Crippen LogP) is 0.553. The van der Waals surface area contributed by atoms with Crippen molar-refractivity contribution in [1.29, 1.82) is 5.26 Å². The van der Waals surface area contributed by atoms with Gasteiger partial charge in [0.05, 0.1) is 19.2 Å². The molecule has 86 valence electrons. The quantitative estimate of drug-likeness (QED) is 0.623. The minimum absolute atomic E-state index is 0.564. The molecule has 1 rings (SSSR count). The largest absolute Gasteiger partial charge is 0.383 e. The highest BCUT2D eigenvalue weighted by Crippen LogP contribution is 2.11. The van der Waals surface area contributed by atoms with Crippen LogP contribution in [-0.4, -0.2) is 62.3 Å². The van der Waals surface area contributed by atoms with Crippen molar-refractivity contribution in [3.05, 3.63) is 0 Å². The fourth-order valence-corrected chi connectivity index (χ4v) is 2.09. The molecule has 1 heterocycles. The van der Waals surface area contributed by atoms with Gasteiger partial charge >= 0.3 is 0 Å². The van der Waals surface area contributed by atoms with Gasteiger partial charge < -0.3 is 4.74 Å². The predicted molar refractivity (Wildman–Crippen MR) is 59.6 cm³/mol. The van der Waals surface area contributed by atoms with E-state index in [2.05, 4.69) is 22.8 Å². The van der Waals surface area contributed by atoms with E-state index in [1.54, 1.807) is 7.11 Å². The van der Waals surface area contributed by atoms with Crippen molar-refractivity contribution in [2.24, 2.45) is 0 Å². The highest BCUT2D eigenvalue weighted by molar-refractivity contribution is 4.86. The Morgan fingerprint density at radius 3 is 2.87 bits per heavy atom. The summed E-state index contributed by atoms with van der Waals surface area (Å²) < 4.78 is 5.10. The third-order valence-electron chi connectivity index (χ3n) is 3.04. The third kappa shape index (κ3) is 3.78. The Bertz CT molecular complexity index is 214. The summed E-state index contributed by atoms with van der Waals surface area (Å²) in [6.07, 6.45) is 1.14. The first kappa shape index (κ1) is 12.4. The van der Waals surface area contributed by atoms with Crippen LogP contribution in [0.2, 0.25) is 0 Å². The number of nitrogens with zero attached hydrogens (tertiary/aromatic N) is 3. The van der Waals surface area contributed by atoms with Crippen LogP contribution < -0.4 is 0 Å². The molecule has 4 nitrogen and oxygen atoms in total. The Morgan fingerprint density at radius 1 is 1.47 bits per heavy atom. The lowest BCUT2D eigenvalue weighted by molar-refractivity contribution is 0.0553. The monoisotopic (exact) mass is 211 g/mol. The zero-order valence-corrected chi connectivity index (χ0v) is 9.78. The standard InChI is InChI=1S/C11H21N3O/c1-3-11-10-13(5-4-12)6-7-14(11)8-9-15-2/h11H,3,5-10H2,1-2H3/t11-/m1/s1. The first-order valence-corrected chi connectivity index (χ1v) is 5.64. The minimum Gasteiger partial charge on any atom is -0.383 e. The first-order chi connectivity index (χ1) is 7.31. The Morgan fingerprint density at radius 2 is 2.27 bits per heavy atom. The summed E-state index contributed by atoms with van der Waals surface area (Å²) in [6, 6.07) is 2.81. The fraction of sp³-hybridized carbons (Fsp3) is 0.909. The summed E-state index contributed by atoms with van der Waals surface area (Å²) in [5.74, 6) is 0. The zero-order chi connectivity index (χ0) is 11.1. The van der Waals surface area contributed by atoms with Crippen molar-refractivity contribution in [3.8, 4) is 6.07 Å². The summed E-state index contributed by atoms with van der Waals surface area (Å²) in [7, 11) is 1.74. The molecule has 0 radical (unpaired) electrons. The molecule has 0 N–H and O–H groups in total. The second-order valence-electron chi connectivity index (χ2n) is 3.98. The van der Waals surface area contributed by atoms with Crippen molar-refractivity contribution in [3.63, 3.8) is 0 Å². The van der Waals surface area contributed by atoms with Gasteiger partial charge in [-0.25, -0.2) is 0 Å². The highest BCUT2D eigenvalue weighted by Gasteiger charge is 2.24. The average molecular weight is 211 g/mol. The summed E-state index contributed by atoms with van der Waals surface area (Å²) >= 11 is 0. The number of methoxy groups -OCH3 is 1. The molecule has 0 saturated carbocycles. The normalized spacial score (nSPS) is 23.9. The molecule has 1 aliphatic heterocycles. The second kappa shape index (κ2) is 6.78. The SMILES string of the molecule is CC[C@@H]1CN(CC#N)CCN1CCOC. The van der Waals surface area contributed by atoms with E-state index in [-0.39, 0.29) is 0 Å². The minimum atomic E-state index is 0.564. The van der Waals surface area contributed by atoms with Gasteiger partial charge in [0, 0.05) is 39.3 Å². The van der Waals surface area contributed by atoms with E-state index in [4.69, 9.17) is 10.00 Å². The lowest BCUT2D eigenvalue weighted by Gasteiger charge is -2.40. The van der Waals surface area contributed by atoms with Crippen LogP contribution in [0.4, 0.5) is 0 Å². The Labute approximate surface area is 92.4 Å². The maximum absolute atomic E-state index is 8.66. The Kier molecular flexibility index (Phi) is 5.62. The van der Waals surface area contributed by atoms with E-state index in [0.717, 1.165) is 39.2 Å². The van der Waals surface area contributed by atoms with E-state index in [0.29, 0.717) is 12.6 Å². The lowest BCUT2D eigenvalue weighted by Crippen LogP contribution is -2.53. The van der Waals surface area contributed by atoms with Gasteiger partial charge in [0.15, 0.2) is 0 Å². The number of rotatable bonds is 5. The number of ether oxygens (including phenoxy) is 1. The van der Waals surface area contributed by atoms with E-state index in [9.17, 15) is 0 Å². The van der Waals surface area contributed by atoms with Gasteiger partial charge in [-0.05, 0) is 6.42 Å². The molecular formula is C11H21N3O. The highest BCUT2D eigenvalue weighted by atomic mass is 16.5. The van der Waals surface area contributed by atoms with E-state index < -0.39 is 0 Å². The van der Waals surface area contributed by atoms with Gasteiger partial charge in [-0.2, -0.15) is 5.26 Å². The number of hydrogen-bond donors (Lipinski definition) is 0. The van der Waals surface area contributed by atoms with Crippen molar-refractivity contribution in [1.82, 2.24) is 9.80 Å². The average Bonchev–Trinajstić information content (AvgIpc) is 2.27. The molecule has 0 aromatic rings. The molecule has 15 heavy (non-hydrogen) atoms. The van der Waals surface area contributed by atoms with Crippen LogP contribution in [0.15, 0.2) is 0 Å². The molecule has 0 aromatic carbocycles. The summed E-state index contributed by atoms with van der Waals surface area (Å²) in [5, 5.41) is 8.66.